The largest absolute Gasteiger partial charge is 0.497 e. The van der Waals surface area contributed by atoms with Crippen LogP contribution in [0.3, 0.4) is 0 Å². The Kier molecular flexibility index (Phi) is 3.46. The molecule has 7 heteroatoms. The van der Waals surface area contributed by atoms with Crippen LogP contribution in [0.2, 0.25) is 0 Å². The maximum Gasteiger partial charge on any atom is 0.339 e. The van der Waals surface area contributed by atoms with Crippen molar-refractivity contribution in [2.24, 2.45) is 0 Å². The number of ether oxygens (including phenoxy) is 1. The topological polar surface area (TPSA) is 110 Å². The summed E-state index contributed by atoms with van der Waals surface area (Å²) in [4.78, 5) is 11.1. The van der Waals surface area contributed by atoms with Crippen molar-refractivity contribution in [3.63, 3.8) is 0 Å². The summed E-state index contributed by atoms with van der Waals surface area (Å²) >= 11 is 0. The average Bonchev–Trinajstić information content (AvgIpc) is 2.41. The van der Waals surface area contributed by atoms with Crippen LogP contribution in [-0.4, -0.2) is 28.4 Å². The van der Waals surface area contributed by atoms with Crippen molar-refractivity contribution in [2.45, 2.75) is 0 Å². The molecule has 0 radical (unpaired) electrons. The Balaban J connectivity index is 2.29. The zero-order chi connectivity index (χ0) is 13.8. The third kappa shape index (κ3) is 2.89. The number of nitrogens with two attached hydrogens (primary N) is 1. The van der Waals surface area contributed by atoms with Crippen molar-refractivity contribution < 1.29 is 14.6 Å². The van der Waals surface area contributed by atoms with Crippen LogP contribution in [0, 0.1) is 0 Å². The van der Waals surface area contributed by atoms with E-state index in [4.69, 9.17) is 15.6 Å². The third-order valence-electron chi connectivity index (χ3n) is 2.40. The molecule has 2 rings (SSSR count). The molecule has 4 N–H and O–H groups in total. The fourth-order valence-electron chi connectivity index (χ4n) is 1.47. The number of nitrogens with one attached hydrogen (secondary N) is 1. The van der Waals surface area contributed by atoms with Crippen molar-refractivity contribution in [3.8, 4) is 5.75 Å². The predicted molar refractivity (Wildman–Crippen MR) is 69.7 cm³/mol. The van der Waals surface area contributed by atoms with E-state index < -0.39 is 5.97 Å². The lowest BCUT2D eigenvalue weighted by Crippen LogP contribution is -2.08. The molecule has 98 valence electrons. The lowest BCUT2D eigenvalue weighted by atomic mass is 10.2. The smallest absolute Gasteiger partial charge is 0.339 e. The van der Waals surface area contributed by atoms with Crippen LogP contribution in [0.1, 0.15) is 10.4 Å². The molecular weight excluding hydrogens is 248 g/mol. The molecule has 0 atom stereocenters. The number of nitrogen functional groups attached to an aromatic ring is 1. The summed E-state index contributed by atoms with van der Waals surface area (Å²) in [6.07, 6.45) is 0. The molecule has 1 aromatic carbocycles. The summed E-state index contributed by atoms with van der Waals surface area (Å²) < 4.78 is 5.03. The molecule has 0 amide bonds. The zero-order valence-corrected chi connectivity index (χ0v) is 10.1. The molecule has 0 fully saturated rings. The van der Waals surface area contributed by atoms with E-state index in [-0.39, 0.29) is 17.2 Å². The minimum absolute atomic E-state index is 0.0386. The second-order valence-electron chi connectivity index (χ2n) is 3.69. The van der Waals surface area contributed by atoms with Crippen molar-refractivity contribution >= 4 is 23.3 Å². The van der Waals surface area contributed by atoms with Crippen LogP contribution >= 0.6 is 0 Å². The first-order valence-corrected chi connectivity index (χ1v) is 5.37. The Morgan fingerprint density at radius 2 is 2.00 bits per heavy atom. The molecule has 0 aliphatic carbocycles. The first kappa shape index (κ1) is 12.6. The molecule has 1 aromatic heterocycles. The number of carboxylic acids is 1. The number of aromatic carboxylic acids is 1. The van der Waals surface area contributed by atoms with Gasteiger partial charge in [0.1, 0.15) is 17.1 Å². The Morgan fingerprint density at radius 1 is 1.32 bits per heavy atom. The molecule has 0 saturated heterocycles. The summed E-state index contributed by atoms with van der Waals surface area (Å²) in [7, 11) is 1.57. The minimum Gasteiger partial charge on any atom is -0.497 e. The summed E-state index contributed by atoms with van der Waals surface area (Å²) in [5, 5.41) is 19.3. The highest BCUT2D eigenvalue weighted by Gasteiger charge is 2.13. The van der Waals surface area contributed by atoms with Crippen molar-refractivity contribution in [1.82, 2.24) is 10.2 Å². The number of benzene rings is 1. The normalized spacial score (nSPS) is 9.95. The number of nitrogens with zero attached hydrogens (tertiary/aromatic N) is 2. The van der Waals surface area contributed by atoms with Crippen LogP contribution in [0.15, 0.2) is 30.3 Å². The molecule has 1 heterocycles. The Hall–Kier alpha value is -2.83. The van der Waals surface area contributed by atoms with Gasteiger partial charge in [-0.15, -0.1) is 10.2 Å². The Bertz CT molecular complexity index is 598. The van der Waals surface area contributed by atoms with E-state index in [2.05, 4.69) is 15.5 Å². The second-order valence-corrected chi connectivity index (χ2v) is 3.69. The van der Waals surface area contributed by atoms with Crippen LogP contribution in [-0.2, 0) is 0 Å². The quantitative estimate of drug-likeness (QED) is 0.764. The number of aromatic nitrogens is 2. The summed E-state index contributed by atoms with van der Waals surface area (Å²) in [5.41, 5.74) is 6.05. The van der Waals surface area contributed by atoms with E-state index in [0.717, 1.165) is 0 Å². The number of hydrogen-bond acceptors (Lipinski definition) is 6. The van der Waals surface area contributed by atoms with Crippen molar-refractivity contribution in [2.75, 3.05) is 18.2 Å². The van der Waals surface area contributed by atoms with Gasteiger partial charge in [0.25, 0.3) is 0 Å². The van der Waals surface area contributed by atoms with Gasteiger partial charge in [-0.05, 0) is 24.3 Å². The highest BCUT2D eigenvalue weighted by Crippen LogP contribution is 2.21. The third-order valence-corrected chi connectivity index (χ3v) is 2.40. The van der Waals surface area contributed by atoms with E-state index in [9.17, 15) is 4.79 Å². The Labute approximate surface area is 109 Å². The van der Waals surface area contributed by atoms with E-state index >= 15 is 0 Å². The van der Waals surface area contributed by atoms with Gasteiger partial charge in [0.2, 0.25) is 0 Å². The lowest BCUT2D eigenvalue weighted by Gasteiger charge is -2.08. The molecule has 0 aliphatic rings. The van der Waals surface area contributed by atoms with Gasteiger partial charge in [-0.25, -0.2) is 4.79 Å². The van der Waals surface area contributed by atoms with Gasteiger partial charge in [0.05, 0.1) is 7.11 Å². The van der Waals surface area contributed by atoms with Crippen molar-refractivity contribution in [1.29, 1.82) is 0 Å². The van der Waals surface area contributed by atoms with Gasteiger partial charge in [-0.1, -0.05) is 0 Å². The maximum absolute atomic E-state index is 11.1. The van der Waals surface area contributed by atoms with E-state index in [1.807, 2.05) is 0 Å². The zero-order valence-electron chi connectivity index (χ0n) is 10.1. The van der Waals surface area contributed by atoms with Crippen LogP contribution < -0.4 is 15.8 Å². The number of rotatable bonds is 4. The monoisotopic (exact) mass is 260 g/mol. The summed E-state index contributed by atoms with van der Waals surface area (Å²) in [5.74, 6) is -0.241. The molecule has 19 heavy (non-hydrogen) atoms. The number of carbonyl (C=O) groups is 1. The van der Waals surface area contributed by atoms with Crippen LogP contribution in [0.4, 0.5) is 17.3 Å². The maximum atomic E-state index is 11.1. The molecule has 2 aromatic rings. The minimum atomic E-state index is -1.13. The van der Waals surface area contributed by atoms with Gasteiger partial charge >= 0.3 is 5.97 Å². The second kappa shape index (κ2) is 5.21. The van der Waals surface area contributed by atoms with Crippen LogP contribution in [0.5, 0.6) is 5.75 Å². The molecule has 0 unspecified atom stereocenters. The number of carboxylic acid groups (broad SMARTS) is 1. The Morgan fingerprint density at radius 3 is 2.58 bits per heavy atom. The fourth-order valence-corrected chi connectivity index (χ4v) is 1.47. The number of anilines is 3. The van der Waals surface area contributed by atoms with Gasteiger partial charge in [-0.3, -0.25) is 0 Å². The van der Waals surface area contributed by atoms with Gasteiger partial charge in [0, 0.05) is 11.8 Å². The predicted octanol–water partition coefficient (Wildman–Crippen LogP) is 1.51. The average molecular weight is 260 g/mol. The molecule has 7 nitrogen and oxygen atoms in total. The molecular formula is C12H12N4O3. The number of methoxy groups -OCH3 is 1. The summed E-state index contributed by atoms with van der Waals surface area (Å²) in [6, 6.07) is 8.22. The molecule has 0 bridgehead atoms. The lowest BCUT2D eigenvalue weighted by molar-refractivity contribution is 0.0697. The fraction of sp³-hybridized carbons (Fsp3) is 0.0833. The van der Waals surface area contributed by atoms with Gasteiger partial charge in [-0.2, -0.15) is 0 Å². The highest BCUT2D eigenvalue weighted by molar-refractivity contribution is 5.94. The first-order chi connectivity index (χ1) is 9.10. The summed E-state index contributed by atoms with van der Waals surface area (Å²) in [6.45, 7) is 0. The van der Waals surface area contributed by atoms with E-state index in [1.54, 1.807) is 31.4 Å². The van der Waals surface area contributed by atoms with Gasteiger partial charge in [0.15, 0.2) is 5.82 Å². The SMILES string of the molecule is COc1ccc(Nc2nnc(N)cc2C(=O)O)cc1. The van der Waals surface area contributed by atoms with Crippen molar-refractivity contribution in [3.05, 3.63) is 35.9 Å². The van der Waals surface area contributed by atoms with E-state index in [0.29, 0.717) is 11.4 Å². The molecule has 0 spiro atoms. The standard InChI is InChI=1S/C12H12N4O3/c1-19-8-4-2-7(3-5-8)14-11-9(12(17)18)6-10(13)15-16-11/h2-6H,1H3,(H2,13,15)(H,14,16)(H,17,18). The number of hydrogen-bond donors (Lipinski definition) is 3. The van der Waals surface area contributed by atoms with Crippen LogP contribution in [0.25, 0.3) is 0 Å². The highest BCUT2D eigenvalue weighted by atomic mass is 16.5. The van der Waals surface area contributed by atoms with E-state index in [1.165, 1.54) is 6.07 Å². The molecule has 0 aliphatic heterocycles. The van der Waals surface area contributed by atoms with Gasteiger partial charge < -0.3 is 20.9 Å². The molecule has 0 saturated carbocycles. The first-order valence-electron chi connectivity index (χ1n) is 5.37.